The van der Waals surface area contributed by atoms with Crippen LogP contribution in [0.1, 0.15) is 5.56 Å². The second-order valence-corrected chi connectivity index (χ2v) is 2.59. The fourth-order valence-corrected chi connectivity index (χ4v) is 0.801. The van der Waals surface area contributed by atoms with Gasteiger partial charge in [0, 0.05) is 0 Å². The largest absolute Gasteiger partial charge is 0.504 e. The third kappa shape index (κ3) is 3.16. The van der Waals surface area contributed by atoms with Gasteiger partial charge in [-0.05, 0) is 23.8 Å². The lowest BCUT2D eigenvalue weighted by atomic mass is 10.2. The van der Waals surface area contributed by atoms with Crippen molar-refractivity contribution in [2.24, 2.45) is 15.9 Å². The molecule has 0 fully saturated rings. The fourth-order valence-electron chi connectivity index (χ4n) is 0.801. The molecule has 1 aromatic rings. The summed E-state index contributed by atoms with van der Waals surface area (Å²) in [5, 5.41) is 33.3. The van der Waals surface area contributed by atoms with Crippen molar-refractivity contribution < 1.29 is 15.4 Å². The summed E-state index contributed by atoms with van der Waals surface area (Å²) >= 11 is 0. The smallest absolute Gasteiger partial charge is 0.237 e. The molecular formula is C8H10N4O3. The predicted octanol–water partition coefficient (Wildman–Crippen LogP) is -0.275. The van der Waals surface area contributed by atoms with E-state index in [0.717, 1.165) is 0 Å². The zero-order valence-corrected chi connectivity index (χ0v) is 7.62. The number of nitrogens with zero attached hydrogens (tertiary/aromatic N) is 2. The molecule has 0 atom stereocenters. The maximum atomic E-state index is 9.13. The van der Waals surface area contributed by atoms with Gasteiger partial charge in [0.2, 0.25) is 5.96 Å². The van der Waals surface area contributed by atoms with E-state index in [-0.39, 0.29) is 17.5 Å². The maximum absolute atomic E-state index is 9.13. The summed E-state index contributed by atoms with van der Waals surface area (Å²) in [6.07, 6.45) is 1.30. The van der Waals surface area contributed by atoms with E-state index in [9.17, 15) is 0 Å². The minimum atomic E-state index is -0.255. The lowest BCUT2D eigenvalue weighted by Gasteiger charge is -1.97. The lowest BCUT2D eigenvalue weighted by Crippen LogP contribution is -2.27. The Bertz CT molecular complexity index is 403. The van der Waals surface area contributed by atoms with Crippen molar-refractivity contribution in [3.05, 3.63) is 23.8 Å². The number of nitrogens with two attached hydrogens (primary N) is 1. The van der Waals surface area contributed by atoms with Crippen LogP contribution in [0.5, 0.6) is 11.5 Å². The second kappa shape index (κ2) is 4.82. The summed E-state index contributed by atoms with van der Waals surface area (Å²) in [6, 6.07) is 4.14. The average Bonchev–Trinajstić information content (AvgIpc) is 2.23. The van der Waals surface area contributed by atoms with Crippen LogP contribution in [-0.2, 0) is 0 Å². The molecule has 0 aromatic heterocycles. The number of hydroxylamine groups is 1. The first kappa shape index (κ1) is 10.8. The average molecular weight is 210 g/mol. The van der Waals surface area contributed by atoms with Gasteiger partial charge in [0.25, 0.3) is 0 Å². The third-order valence-corrected chi connectivity index (χ3v) is 1.49. The van der Waals surface area contributed by atoms with E-state index in [0.29, 0.717) is 5.56 Å². The van der Waals surface area contributed by atoms with Crippen molar-refractivity contribution in [1.82, 2.24) is 5.48 Å². The Hall–Kier alpha value is -2.28. The Morgan fingerprint density at radius 1 is 1.33 bits per heavy atom. The molecule has 0 spiro atoms. The van der Waals surface area contributed by atoms with E-state index < -0.39 is 0 Å². The summed E-state index contributed by atoms with van der Waals surface area (Å²) in [7, 11) is 0. The first-order chi connectivity index (χ1) is 7.13. The van der Waals surface area contributed by atoms with Crippen LogP contribution >= 0.6 is 0 Å². The topological polar surface area (TPSA) is 123 Å². The monoisotopic (exact) mass is 210 g/mol. The molecule has 0 amide bonds. The Morgan fingerprint density at radius 2 is 2.07 bits per heavy atom. The summed E-state index contributed by atoms with van der Waals surface area (Å²) in [5.74, 6) is -0.724. The number of hydrogen-bond donors (Lipinski definition) is 5. The van der Waals surface area contributed by atoms with Gasteiger partial charge in [-0.25, -0.2) is 5.48 Å². The van der Waals surface area contributed by atoms with Crippen LogP contribution in [0.15, 0.2) is 28.4 Å². The number of phenolic OH excluding ortho intramolecular Hbond substituents is 2. The molecule has 7 heteroatoms. The molecule has 0 heterocycles. The van der Waals surface area contributed by atoms with Crippen molar-refractivity contribution in [2.45, 2.75) is 0 Å². The Labute approximate surface area is 85.1 Å². The van der Waals surface area contributed by atoms with Crippen LogP contribution in [0.3, 0.4) is 0 Å². The quantitative estimate of drug-likeness (QED) is 0.199. The molecule has 0 aliphatic rings. The van der Waals surface area contributed by atoms with Crippen molar-refractivity contribution in [2.75, 3.05) is 0 Å². The van der Waals surface area contributed by atoms with E-state index in [2.05, 4.69) is 10.2 Å². The SMILES string of the molecule is N/C(=N\N=C\c1ccc(O)c(O)c1)NO. The highest BCUT2D eigenvalue weighted by Crippen LogP contribution is 2.23. The lowest BCUT2D eigenvalue weighted by molar-refractivity contribution is 0.232. The number of hydrogen-bond acceptors (Lipinski definition) is 5. The first-order valence-corrected chi connectivity index (χ1v) is 3.92. The van der Waals surface area contributed by atoms with Gasteiger partial charge in [0.15, 0.2) is 11.5 Å². The van der Waals surface area contributed by atoms with E-state index in [1.165, 1.54) is 24.4 Å². The Balaban J connectivity index is 2.77. The summed E-state index contributed by atoms with van der Waals surface area (Å²) in [6.45, 7) is 0. The zero-order valence-electron chi connectivity index (χ0n) is 7.62. The number of guanidine groups is 1. The molecule has 0 radical (unpaired) electrons. The van der Waals surface area contributed by atoms with Crippen LogP contribution < -0.4 is 11.2 Å². The minimum absolute atomic E-state index is 0.216. The third-order valence-electron chi connectivity index (χ3n) is 1.49. The summed E-state index contributed by atoms with van der Waals surface area (Å²) in [4.78, 5) is 0. The van der Waals surface area contributed by atoms with Crippen LogP contribution in [-0.4, -0.2) is 27.6 Å². The van der Waals surface area contributed by atoms with Gasteiger partial charge >= 0.3 is 0 Å². The number of benzene rings is 1. The van der Waals surface area contributed by atoms with Gasteiger partial charge in [0.1, 0.15) is 0 Å². The molecular weight excluding hydrogens is 200 g/mol. The van der Waals surface area contributed by atoms with Gasteiger partial charge in [-0.2, -0.15) is 5.10 Å². The van der Waals surface area contributed by atoms with Crippen molar-refractivity contribution in [1.29, 1.82) is 0 Å². The summed E-state index contributed by atoms with van der Waals surface area (Å²) < 4.78 is 0. The van der Waals surface area contributed by atoms with Crippen LogP contribution in [0.4, 0.5) is 0 Å². The van der Waals surface area contributed by atoms with E-state index in [4.69, 9.17) is 21.2 Å². The highest BCUT2D eigenvalue weighted by molar-refractivity contribution is 5.82. The number of phenols is 2. The standard InChI is InChI=1S/C8H10N4O3/c9-8(12-15)11-10-4-5-1-2-6(13)7(14)3-5/h1-4,13-15H,(H3,9,11,12)/b10-4+. The molecule has 15 heavy (non-hydrogen) atoms. The van der Waals surface area contributed by atoms with E-state index >= 15 is 0 Å². The molecule has 0 aliphatic heterocycles. The van der Waals surface area contributed by atoms with Gasteiger partial charge in [-0.3, -0.25) is 5.21 Å². The van der Waals surface area contributed by atoms with Crippen LogP contribution in [0.2, 0.25) is 0 Å². The van der Waals surface area contributed by atoms with Crippen LogP contribution in [0.25, 0.3) is 0 Å². The molecule has 7 nitrogen and oxygen atoms in total. The maximum Gasteiger partial charge on any atom is 0.237 e. The number of nitrogens with one attached hydrogen (secondary N) is 1. The first-order valence-electron chi connectivity index (χ1n) is 3.92. The Morgan fingerprint density at radius 3 is 2.67 bits per heavy atom. The summed E-state index contributed by atoms with van der Waals surface area (Å²) in [5.41, 5.74) is 7.20. The fraction of sp³-hybridized carbons (Fsp3) is 0. The molecule has 0 bridgehead atoms. The minimum Gasteiger partial charge on any atom is -0.504 e. The highest BCUT2D eigenvalue weighted by atomic mass is 16.5. The Kier molecular flexibility index (Phi) is 3.47. The molecule has 0 unspecified atom stereocenters. The van der Waals surface area contributed by atoms with Crippen molar-refractivity contribution in [3.8, 4) is 11.5 Å². The van der Waals surface area contributed by atoms with Crippen molar-refractivity contribution in [3.63, 3.8) is 0 Å². The molecule has 0 saturated carbocycles. The zero-order chi connectivity index (χ0) is 11.3. The molecule has 0 aliphatic carbocycles. The molecule has 0 saturated heterocycles. The van der Waals surface area contributed by atoms with Gasteiger partial charge in [-0.1, -0.05) is 0 Å². The van der Waals surface area contributed by atoms with Crippen molar-refractivity contribution >= 4 is 12.2 Å². The number of aromatic hydroxyl groups is 2. The van der Waals surface area contributed by atoms with Gasteiger partial charge < -0.3 is 15.9 Å². The highest BCUT2D eigenvalue weighted by Gasteiger charge is 1.97. The molecule has 1 aromatic carbocycles. The number of rotatable bonds is 2. The van der Waals surface area contributed by atoms with Gasteiger partial charge in [0.05, 0.1) is 6.21 Å². The second-order valence-electron chi connectivity index (χ2n) is 2.59. The van der Waals surface area contributed by atoms with E-state index in [1.54, 1.807) is 5.48 Å². The molecule has 1 rings (SSSR count). The van der Waals surface area contributed by atoms with Crippen LogP contribution in [0, 0.1) is 0 Å². The predicted molar refractivity (Wildman–Crippen MR) is 53.9 cm³/mol. The van der Waals surface area contributed by atoms with E-state index in [1.807, 2.05) is 0 Å². The molecule has 80 valence electrons. The normalized spacial score (nSPS) is 11.9. The van der Waals surface area contributed by atoms with Gasteiger partial charge in [-0.15, -0.1) is 5.10 Å². The molecule has 6 N–H and O–H groups in total.